The highest BCUT2D eigenvalue weighted by Gasteiger charge is 2.29. The van der Waals surface area contributed by atoms with Crippen LogP contribution in [0.25, 0.3) is 0 Å². The van der Waals surface area contributed by atoms with Gasteiger partial charge in [-0.05, 0) is 69.2 Å². The molecular formula is C21H22ClN3O3. The normalized spacial score (nSPS) is 13.1. The maximum Gasteiger partial charge on any atom is 0.255 e. The molecule has 0 bridgehead atoms. The highest BCUT2D eigenvalue weighted by molar-refractivity contribution is 6.31. The average molecular weight is 400 g/mol. The van der Waals surface area contributed by atoms with Crippen LogP contribution in [0.2, 0.25) is 5.02 Å². The Bertz CT molecular complexity index is 906. The first-order valence-electron chi connectivity index (χ1n) is 9.16. The summed E-state index contributed by atoms with van der Waals surface area (Å²) in [6, 6.07) is 11.3. The number of nitrogens with one attached hydrogen (secondary N) is 3. The van der Waals surface area contributed by atoms with Gasteiger partial charge in [0.2, 0.25) is 5.91 Å². The van der Waals surface area contributed by atoms with Gasteiger partial charge in [0, 0.05) is 28.2 Å². The zero-order chi connectivity index (χ0) is 20.3. The number of amides is 3. The number of carbonyl (C=O) groups excluding carboxylic acids is 3. The van der Waals surface area contributed by atoms with E-state index >= 15 is 0 Å². The molecule has 146 valence electrons. The van der Waals surface area contributed by atoms with E-state index in [-0.39, 0.29) is 29.7 Å². The van der Waals surface area contributed by atoms with E-state index < -0.39 is 0 Å². The monoisotopic (exact) mass is 399 g/mol. The Hall–Kier alpha value is -2.86. The van der Waals surface area contributed by atoms with E-state index in [1.807, 2.05) is 13.8 Å². The number of halogens is 1. The molecule has 0 unspecified atom stereocenters. The Balaban J connectivity index is 1.72. The van der Waals surface area contributed by atoms with Crippen LogP contribution in [0.5, 0.6) is 0 Å². The van der Waals surface area contributed by atoms with E-state index in [1.165, 1.54) is 0 Å². The van der Waals surface area contributed by atoms with Gasteiger partial charge in [0.25, 0.3) is 11.8 Å². The van der Waals surface area contributed by atoms with Crippen LogP contribution in [0.15, 0.2) is 42.5 Å². The van der Waals surface area contributed by atoms with E-state index in [2.05, 4.69) is 16.0 Å². The van der Waals surface area contributed by atoms with Gasteiger partial charge < -0.3 is 16.0 Å². The molecule has 0 spiro atoms. The zero-order valence-corrected chi connectivity index (χ0v) is 16.5. The molecule has 3 rings (SSSR count). The lowest BCUT2D eigenvalue weighted by molar-refractivity contribution is -0.117. The van der Waals surface area contributed by atoms with Crippen LogP contribution in [0.1, 0.15) is 47.4 Å². The minimum absolute atomic E-state index is 0.0111. The minimum atomic E-state index is -0.374. The number of benzene rings is 2. The van der Waals surface area contributed by atoms with Crippen LogP contribution >= 0.6 is 11.6 Å². The molecule has 0 aliphatic heterocycles. The number of rotatable bonds is 6. The number of anilines is 2. The van der Waals surface area contributed by atoms with Crippen molar-refractivity contribution >= 4 is 40.7 Å². The van der Waals surface area contributed by atoms with Gasteiger partial charge in [0.05, 0.1) is 11.3 Å². The molecule has 3 N–H and O–H groups in total. The fraction of sp³-hybridized carbons (Fsp3) is 0.286. The second-order valence-corrected chi connectivity index (χ2v) is 7.55. The van der Waals surface area contributed by atoms with Crippen molar-refractivity contribution in [3.05, 3.63) is 58.6 Å². The fourth-order valence-electron chi connectivity index (χ4n) is 2.65. The molecule has 0 saturated heterocycles. The summed E-state index contributed by atoms with van der Waals surface area (Å²) in [4.78, 5) is 36.8. The topological polar surface area (TPSA) is 87.3 Å². The number of hydrogen-bond donors (Lipinski definition) is 3. The van der Waals surface area contributed by atoms with Crippen molar-refractivity contribution in [1.82, 2.24) is 5.32 Å². The molecule has 1 aliphatic rings. The molecular weight excluding hydrogens is 378 g/mol. The third-order valence-corrected chi connectivity index (χ3v) is 4.49. The van der Waals surface area contributed by atoms with Crippen molar-refractivity contribution in [3.8, 4) is 0 Å². The van der Waals surface area contributed by atoms with Gasteiger partial charge >= 0.3 is 0 Å². The summed E-state index contributed by atoms with van der Waals surface area (Å²) >= 11 is 6.03. The highest BCUT2D eigenvalue weighted by Crippen LogP contribution is 2.30. The van der Waals surface area contributed by atoms with Crippen molar-refractivity contribution in [1.29, 1.82) is 0 Å². The van der Waals surface area contributed by atoms with Crippen molar-refractivity contribution in [2.45, 2.75) is 32.7 Å². The first-order chi connectivity index (χ1) is 13.3. The van der Waals surface area contributed by atoms with E-state index in [4.69, 9.17) is 11.6 Å². The standard InChI is InChI=1S/C21H22ClN3O3/c1-12(2)23-21(28)17-10-7-15(22)11-18(17)25-20(27)14-5-8-16(9-6-14)24-19(26)13-3-4-13/h5-13H,3-4H2,1-2H3,(H,23,28)(H,24,26)(H,25,27). The number of carbonyl (C=O) groups is 3. The summed E-state index contributed by atoms with van der Waals surface area (Å²) in [6.45, 7) is 3.71. The van der Waals surface area contributed by atoms with Gasteiger partial charge in [-0.2, -0.15) is 0 Å². The molecule has 2 aromatic rings. The van der Waals surface area contributed by atoms with Gasteiger partial charge in [-0.15, -0.1) is 0 Å². The fourth-order valence-corrected chi connectivity index (χ4v) is 2.82. The molecule has 3 amide bonds. The molecule has 0 radical (unpaired) electrons. The Morgan fingerprint density at radius 1 is 0.964 bits per heavy atom. The smallest absolute Gasteiger partial charge is 0.255 e. The number of hydrogen-bond acceptors (Lipinski definition) is 3. The van der Waals surface area contributed by atoms with Crippen molar-refractivity contribution in [3.63, 3.8) is 0 Å². The lowest BCUT2D eigenvalue weighted by atomic mass is 10.1. The van der Waals surface area contributed by atoms with Crippen LogP contribution < -0.4 is 16.0 Å². The van der Waals surface area contributed by atoms with Gasteiger partial charge in [-0.1, -0.05) is 11.6 Å². The minimum Gasteiger partial charge on any atom is -0.350 e. The SMILES string of the molecule is CC(C)NC(=O)c1ccc(Cl)cc1NC(=O)c1ccc(NC(=O)C2CC2)cc1. The Labute approximate surface area is 168 Å². The molecule has 0 heterocycles. The predicted octanol–water partition coefficient (Wildman–Crippen LogP) is 4.08. The first kappa shape index (κ1) is 19.9. The molecule has 7 heteroatoms. The molecule has 2 aromatic carbocycles. The lowest BCUT2D eigenvalue weighted by Gasteiger charge is -2.14. The summed E-state index contributed by atoms with van der Waals surface area (Å²) < 4.78 is 0. The van der Waals surface area contributed by atoms with Crippen LogP contribution in [0.3, 0.4) is 0 Å². The predicted molar refractivity (Wildman–Crippen MR) is 110 cm³/mol. The molecule has 1 fully saturated rings. The zero-order valence-electron chi connectivity index (χ0n) is 15.7. The highest BCUT2D eigenvalue weighted by atomic mass is 35.5. The quantitative estimate of drug-likeness (QED) is 0.684. The second kappa shape index (κ2) is 8.44. The van der Waals surface area contributed by atoms with Gasteiger partial charge in [-0.25, -0.2) is 0 Å². The molecule has 0 aromatic heterocycles. The van der Waals surface area contributed by atoms with Crippen molar-refractivity contribution in [2.24, 2.45) is 5.92 Å². The van der Waals surface area contributed by atoms with Crippen LogP contribution in [0.4, 0.5) is 11.4 Å². The Morgan fingerprint density at radius 2 is 1.64 bits per heavy atom. The van der Waals surface area contributed by atoms with Gasteiger partial charge in [-0.3, -0.25) is 14.4 Å². The van der Waals surface area contributed by atoms with Gasteiger partial charge in [0.15, 0.2) is 0 Å². The molecule has 1 saturated carbocycles. The summed E-state index contributed by atoms with van der Waals surface area (Å²) in [6.07, 6.45) is 1.86. The summed E-state index contributed by atoms with van der Waals surface area (Å²) in [5.41, 5.74) is 1.72. The Morgan fingerprint density at radius 3 is 2.25 bits per heavy atom. The van der Waals surface area contributed by atoms with E-state index in [1.54, 1.807) is 42.5 Å². The van der Waals surface area contributed by atoms with E-state index in [0.717, 1.165) is 12.8 Å². The van der Waals surface area contributed by atoms with E-state index in [0.29, 0.717) is 27.5 Å². The van der Waals surface area contributed by atoms with Crippen LogP contribution in [0, 0.1) is 5.92 Å². The second-order valence-electron chi connectivity index (χ2n) is 7.11. The maximum absolute atomic E-state index is 12.6. The van der Waals surface area contributed by atoms with E-state index in [9.17, 15) is 14.4 Å². The first-order valence-corrected chi connectivity index (χ1v) is 9.54. The maximum atomic E-state index is 12.6. The third kappa shape index (κ3) is 5.10. The molecule has 6 nitrogen and oxygen atoms in total. The average Bonchev–Trinajstić information content (AvgIpc) is 3.47. The molecule has 0 atom stereocenters. The van der Waals surface area contributed by atoms with Gasteiger partial charge in [0.1, 0.15) is 0 Å². The molecule has 1 aliphatic carbocycles. The molecule has 28 heavy (non-hydrogen) atoms. The summed E-state index contributed by atoms with van der Waals surface area (Å²) in [7, 11) is 0. The third-order valence-electron chi connectivity index (χ3n) is 4.26. The summed E-state index contributed by atoms with van der Waals surface area (Å²) in [5, 5.41) is 8.78. The van der Waals surface area contributed by atoms with Crippen molar-refractivity contribution < 1.29 is 14.4 Å². The summed E-state index contributed by atoms with van der Waals surface area (Å²) in [5.74, 6) is -0.542. The lowest BCUT2D eigenvalue weighted by Crippen LogP contribution is -2.31. The Kier molecular flexibility index (Phi) is 5.99. The van der Waals surface area contributed by atoms with Crippen LogP contribution in [-0.2, 0) is 4.79 Å². The van der Waals surface area contributed by atoms with Crippen LogP contribution in [-0.4, -0.2) is 23.8 Å². The largest absolute Gasteiger partial charge is 0.350 e. The van der Waals surface area contributed by atoms with Crippen molar-refractivity contribution in [2.75, 3.05) is 10.6 Å².